The van der Waals surface area contributed by atoms with Crippen LogP contribution in [0.15, 0.2) is 24.3 Å². The van der Waals surface area contributed by atoms with Gasteiger partial charge in [-0.25, -0.2) is 4.42 Å². The summed E-state index contributed by atoms with van der Waals surface area (Å²) in [6, 6.07) is 0.417. The molecule has 3 heteroatoms. The average molecular weight is 228 g/mol. The van der Waals surface area contributed by atoms with Crippen LogP contribution in [0.1, 0.15) is 12.8 Å². The molecule has 2 saturated heterocycles. The minimum atomic E-state index is 0.300. The first kappa shape index (κ1) is 9.32. The lowest BCUT2D eigenvalue weighted by molar-refractivity contribution is 0.208. The van der Waals surface area contributed by atoms with Crippen molar-refractivity contribution < 1.29 is 0 Å². The first-order valence-electron chi connectivity index (χ1n) is 5.25. The van der Waals surface area contributed by atoms with Gasteiger partial charge in [-0.05, 0) is 36.3 Å². The van der Waals surface area contributed by atoms with Crippen molar-refractivity contribution in [2.45, 2.75) is 23.6 Å². The normalized spacial score (nSPS) is 46.4. The molecule has 3 aliphatic rings. The van der Waals surface area contributed by atoms with Crippen LogP contribution in [0.2, 0.25) is 0 Å². The Morgan fingerprint density at radius 1 is 1.36 bits per heavy atom. The highest BCUT2D eigenvalue weighted by atomic mass is 35.5. The number of hydrogen-bond acceptors (Lipinski definition) is 2. The third-order valence-corrected chi connectivity index (χ3v) is 5.70. The number of allylic oxidation sites excluding steroid dienone is 2. The lowest BCUT2D eigenvalue weighted by Crippen LogP contribution is -2.53. The van der Waals surface area contributed by atoms with Crippen molar-refractivity contribution in [3.05, 3.63) is 24.3 Å². The first-order valence-corrected chi connectivity index (χ1v) is 6.58. The second-order valence-corrected chi connectivity index (χ2v) is 6.13. The molecule has 2 aliphatic heterocycles. The van der Waals surface area contributed by atoms with Gasteiger partial charge in [-0.15, -0.1) is 11.8 Å². The number of piperidine rings is 1. The van der Waals surface area contributed by atoms with Crippen molar-refractivity contribution in [3.8, 4) is 0 Å². The molecule has 14 heavy (non-hydrogen) atoms. The summed E-state index contributed by atoms with van der Waals surface area (Å²) in [6.07, 6.45) is 11.6. The average Bonchev–Trinajstić information content (AvgIpc) is 2.61. The maximum Gasteiger partial charge on any atom is 0.0619 e. The smallest absolute Gasteiger partial charge is 0.0619 e. The highest BCUT2D eigenvalue weighted by Crippen LogP contribution is 2.53. The van der Waals surface area contributed by atoms with Gasteiger partial charge in [-0.2, -0.15) is 0 Å². The molecule has 0 radical (unpaired) electrons. The molecular formula is C11H14ClNS. The topological polar surface area (TPSA) is 3.24 Å². The lowest BCUT2D eigenvalue weighted by atomic mass is 9.77. The fraction of sp³-hybridized carbons (Fsp3) is 0.636. The van der Waals surface area contributed by atoms with Gasteiger partial charge in [0, 0.05) is 6.54 Å². The van der Waals surface area contributed by atoms with E-state index in [1.807, 2.05) is 4.42 Å². The van der Waals surface area contributed by atoms with Gasteiger partial charge in [-0.1, -0.05) is 24.3 Å². The van der Waals surface area contributed by atoms with Crippen molar-refractivity contribution in [1.29, 1.82) is 0 Å². The number of halogens is 1. The molecule has 0 bridgehead atoms. The van der Waals surface area contributed by atoms with Crippen LogP contribution in [0.5, 0.6) is 0 Å². The molecule has 0 aromatic heterocycles. The Bertz CT molecular complexity index is 302. The molecule has 3 rings (SSSR count). The highest BCUT2D eigenvalue weighted by molar-refractivity contribution is 8.01. The summed E-state index contributed by atoms with van der Waals surface area (Å²) >= 11 is 8.38. The van der Waals surface area contributed by atoms with E-state index in [-0.39, 0.29) is 0 Å². The summed E-state index contributed by atoms with van der Waals surface area (Å²) in [5, 5.41) is 0. The van der Waals surface area contributed by atoms with E-state index in [0.29, 0.717) is 10.8 Å². The standard InChI is InChI=1S/C11H14ClNS/c12-13-7-4-9-5-8-14-11(9)6-2-1-3-10(11)13/h1-3,6,9-10H,4-5,7-8H2. The van der Waals surface area contributed by atoms with Crippen LogP contribution < -0.4 is 0 Å². The van der Waals surface area contributed by atoms with Gasteiger partial charge in [0.15, 0.2) is 0 Å². The maximum absolute atomic E-state index is 6.29. The van der Waals surface area contributed by atoms with E-state index in [9.17, 15) is 0 Å². The summed E-state index contributed by atoms with van der Waals surface area (Å²) in [6.45, 7) is 1.04. The number of thioether (sulfide) groups is 1. The Hall–Kier alpha value is 0.0800. The van der Waals surface area contributed by atoms with E-state index in [4.69, 9.17) is 11.8 Å². The number of nitrogens with zero attached hydrogens (tertiary/aromatic N) is 1. The van der Waals surface area contributed by atoms with E-state index in [1.54, 1.807) is 0 Å². The highest BCUT2D eigenvalue weighted by Gasteiger charge is 2.51. The van der Waals surface area contributed by atoms with E-state index in [0.717, 1.165) is 12.5 Å². The predicted molar refractivity (Wildman–Crippen MR) is 62.5 cm³/mol. The maximum atomic E-state index is 6.29. The first-order chi connectivity index (χ1) is 6.83. The van der Waals surface area contributed by atoms with Gasteiger partial charge < -0.3 is 0 Å². The predicted octanol–water partition coefficient (Wildman–Crippen LogP) is 2.83. The SMILES string of the molecule is ClN1CCC2CCSC23C=CC=CC13. The third-order valence-electron chi connectivity index (χ3n) is 3.67. The molecule has 1 spiro atoms. The molecule has 3 unspecified atom stereocenters. The molecule has 2 fully saturated rings. The molecule has 3 atom stereocenters. The van der Waals surface area contributed by atoms with Crippen molar-refractivity contribution in [3.63, 3.8) is 0 Å². The molecule has 0 saturated carbocycles. The van der Waals surface area contributed by atoms with Gasteiger partial charge >= 0.3 is 0 Å². The molecule has 2 heterocycles. The van der Waals surface area contributed by atoms with Gasteiger partial charge in [0.05, 0.1) is 10.8 Å². The van der Waals surface area contributed by atoms with Gasteiger partial charge in [0.1, 0.15) is 0 Å². The molecule has 1 aliphatic carbocycles. The Kier molecular flexibility index (Phi) is 2.19. The van der Waals surface area contributed by atoms with Crippen LogP contribution in [0.3, 0.4) is 0 Å². The lowest BCUT2D eigenvalue weighted by Gasteiger charge is -2.46. The van der Waals surface area contributed by atoms with Crippen LogP contribution >= 0.6 is 23.5 Å². The van der Waals surface area contributed by atoms with Gasteiger partial charge in [0.25, 0.3) is 0 Å². The molecule has 0 aromatic rings. The summed E-state index contributed by atoms with van der Waals surface area (Å²) in [5.41, 5.74) is 0. The quantitative estimate of drug-likeness (QED) is 0.586. The zero-order valence-corrected chi connectivity index (χ0v) is 9.60. The fourth-order valence-corrected chi connectivity index (χ4v) is 5.12. The third kappa shape index (κ3) is 1.14. The van der Waals surface area contributed by atoms with E-state index < -0.39 is 0 Å². The van der Waals surface area contributed by atoms with Gasteiger partial charge in [-0.3, -0.25) is 0 Å². The van der Waals surface area contributed by atoms with Crippen molar-refractivity contribution in [2.75, 3.05) is 12.3 Å². The minimum absolute atomic E-state index is 0.300. The van der Waals surface area contributed by atoms with Crippen molar-refractivity contribution in [1.82, 2.24) is 4.42 Å². The van der Waals surface area contributed by atoms with Crippen LogP contribution in [0.25, 0.3) is 0 Å². The van der Waals surface area contributed by atoms with E-state index in [1.165, 1.54) is 18.6 Å². The van der Waals surface area contributed by atoms with E-state index in [2.05, 4.69) is 36.1 Å². The van der Waals surface area contributed by atoms with Crippen LogP contribution in [-0.2, 0) is 0 Å². The molecule has 76 valence electrons. The molecule has 0 aromatic carbocycles. The molecular weight excluding hydrogens is 214 g/mol. The van der Waals surface area contributed by atoms with Crippen LogP contribution in [0, 0.1) is 5.92 Å². The summed E-state index contributed by atoms with van der Waals surface area (Å²) < 4.78 is 2.30. The zero-order valence-electron chi connectivity index (χ0n) is 8.03. The van der Waals surface area contributed by atoms with Crippen molar-refractivity contribution >= 4 is 23.5 Å². The Labute approximate surface area is 94.3 Å². The Balaban J connectivity index is 2.02. The molecule has 1 nitrogen and oxygen atoms in total. The monoisotopic (exact) mass is 227 g/mol. The van der Waals surface area contributed by atoms with E-state index >= 15 is 0 Å². The second kappa shape index (κ2) is 3.29. The fourth-order valence-electron chi connectivity index (χ4n) is 2.96. The summed E-state index contributed by atoms with van der Waals surface area (Å²) in [7, 11) is 0. The second-order valence-electron chi connectivity index (χ2n) is 4.29. The van der Waals surface area contributed by atoms with Crippen LogP contribution in [-0.4, -0.2) is 27.5 Å². The number of rotatable bonds is 0. The zero-order chi connectivity index (χ0) is 9.60. The Morgan fingerprint density at radius 3 is 3.21 bits per heavy atom. The molecule has 0 amide bonds. The minimum Gasteiger partial charge on any atom is -0.212 e. The number of hydrogen-bond donors (Lipinski definition) is 0. The molecule has 0 N–H and O–H groups in total. The van der Waals surface area contributed by atoms with Crippen LogP contribution in [0.4, 0.5) is 0 Å². The summed E-state index contributed by atoms with van der Waals surface area (Å²) in [4.78, 5) is 0. The summed E-state index contributed by atoms with van der Waals surface area (Å²) in [5.74, 6) is 2.14. The Morgan fingerprint density at radius 2 is 2.29 bits per heavy atom. The van der Waals surface area contributed by atoms with Crippen molar-refractivity contribution in [2.24, 2.45) is 5.92 Å². The largest absolute Gasteiger partial charge is 0.212 e. The van der Waals surface area contributed by atoms with Gasteiger partial charge in [0.2, 0.25) is 0 Å².